The van der Waals surface area contributed by atoms with Gasteiger partial charge in [0.15, 0.2) is 0 Å². The van der Waals surface area contributed by atoms with E-state index >= 15 is 0 Å². The first-order chi connectivity index (χ1) is 10.9. The number of carboxylic acids is 1. The topological polar surface area (TPSA) is 78.9 Å². The Morgan fingerprint density at radius 1 is 1.22 bits per heavy atom. The molecule has 0 bridgehead atoms. The van der Waals surface area contributed by atoms with E-state index in [0.717, 1.165) is 32.0 Å². The molecule has 2 rings (SSSR count). The SMILES string of the molecule is CC(C)(CCNC(=O)c1ccc(N2CCOCC2)cc1)C(=O)O. The predicted octanol–water partition coefficient (Wildman–Crippen LogP) is 1.75. The molecule has 2 N–H and O–H groups in total. The van der Waals surface area contributed by atoms with Crippen LogP contribution in [-0.4, -0.2) is 49.8 Å². The summed E-state index contributed by atoms with van der Waals surface area (Å²) in [7, 11) is 0. The van der Waals surface area contributed by atoms with Crippen molar-refractivity contribution in [3.05, 3.63) is 29.8 Å². The van der Waals surface area contributed by atoms with E-state index in [1.54, 1.807) is 26.0 Å². The Balaban J connectivity index is 1.86. The summed E-state index contributed by atoms with van der Waals surface area (Å²) in [6, 6.07) is 7.45. The van der Waals surface area contributed by atoms with Gasteiger partial charge in [-0.25, -0.2) is 0 Å². The molecule has 126 valence electrons. The molecule has 0 unspecified atom stereocenters. The number of aliphatic carboxylic acids is 1. The summed E-state index contributed by atoms with van der Waals surface area (Å²) >= 11 is 0. The first kappa shape index (κ1) is 17.3. The molecule has 1 aromatic rings. The van der Waals surface area contributed by atoms with Crippen molar-refractivity contribution in [2.75, 3.05) is 37.7 Å². The van der Waals surface area contributed by atoms with Crippen LogP contribution in [0.5, 0.6) is 0 Å². The highest BCUT2D eigenvalue weighted by Crippen LogP contribution is 2.20. The maximum atomic E-state index is 12.1. The molecule has 1 amide bonds. The van der Waals surface area contributed by atoms with Gasteiger partial charge in [-0.3, -0.25) is 9.59 Å². The quantitative estimate of drug-likeness (QED) is 0.835. The summed E-state index contributed by atoms with van der Waals surface area (Å²) in [5, 5.41) is 11.8. The Morgan fingerprint density at radius 2 is 1.83 bits per heavy atom. The van der Waals surface area contributed by atoms with Gasteiger partial charge in [0, 0.05) is 30.9 Å². The molecule has 6 nitrogen and oxygen atoms in total. The van der Waals surface area contributed by atoms with Crippen molar-refractivity contribution in [1.82, 2.24) is 5.32 Å². The monoisotopic (exact) mass is 320 g/mol. The third kappa shape index (κ3) is 4.69. The van der Waals surface area contributed by atoms with E-state index in [1.807, 2.05) is 12.1 Å². The Hall–Kier alpha value is -2.08. The molecule has 1 aliphatic rings. The van der Waals surface area contributed by atoms with Crippen molar-refractivity contribution in [3.8, 4) is 0 Å². The molecule has 1 heterocycles. The molecule has 1 saturated heterocycles. The second-order valence-electron chi connectivity index (χ2n) is 6.34. The zero-order valence-corrected chi connectivity index (χ0v) is 13.7. The number of benzene rings is 1. The molecule has 0 saturated carbocycles. The number of ether oxygens (including phenoxy) is 1. The fourth-order valence-electron chi connectivity index (χ4n) is 2.34. The number of amides is 1. The van der Waals surface area contributed by atoms with Gasteiger partial charge in [-0.1, -0.05) is 0 Å². The Kier molecular flexibility index (Phi) is 5.60. The van der Waals surface area contributed by atoms with Gasteiger partial charge in [-0.2, -0.15) is 0 Å². The van der Waals surface area contributed by atoms with Crippen LogP contribution in [0.1, 0.15) is 30.6 Å². The number of hydrogen-bond donors (Lipinski definition) is 2. The summed E-state index contributed by atoms with van der Waals surface area (Å²) in [6.07, 6.45) is 0.389. The van der Waals surface area contributed by atoms with Crippen LogP contribution in [-0.2, 0) is 9.53 Å². The molecule has 1 fully saturated rings. The van der Waals surface area contributed by atoms with E-state index in [4.69, 9.17) is 9.84 Å². The number of nitrogens with one attached hydrogen (secondary N) is 1. The van der Waals surface area contributed by atoms with Crippen LogP contribution >= 0.6 is 0 Å². The highest BCUT2D eigenvalue weighted by atomic mass is 16.5. The van der Waals surface area contributed by atoms with Gasteiger partial charge < -0.3 is 20.1 Å². The van der Waals surface area contributed by atoms with Crippen LogP contribution in [0.25, 0.3) is 0 Å². The standard InChI is InChI=1S/C17H24N2O4/c1-17(2,16(21)22)7-8-18-15(20)13-3-5-14(6-4-13)19-9-11-23-12-10-19/h3-6H,7-12H2,1-2H3,(H,18,20)(H,21,22). The third-order valence-corrected chi connectivity index (χ3v) is 4.12. The van der Waals surface area contributed by atoms with E-state index in [9.17, 15) is 9.59 Å². The first-order valence-corrected chi connectivity index (χ1v) is 7.84. The molecular weight excluding hydrogens is 296 g/mol. The summed E-state index contributed by atoms with van der Waals surface area (Å²) in [4.78, 5) is 25.3. The number of morpholine rings is 1. The Bertz CT molecular complexity index is 548. The van der Waals surface area contributed by atoms with Gasteiger partial charge in [0.1, 0.15) is 0 Å². The lowest BCUT2D eigenvalue weighted by atomic mass is 9.90. The average molecular weight is 320 g/mol. The van der Waals surface area contributed by atoms with Crippen LogP contribution in [0.15, 0.2) is 24.3 Å². The zero-order valence-electron chi connectivity index (χ0n) is 13.7. The van der Waals surface area contributed by atoms with Crippen molar-refractivity contribution in [3.63, 3.8) is 0 Å². The number of nitrogens with zero attached hydrogens (tertiary/aromatic N) is 1. The minimum atomic E-state index is -0.860. The molecule has 0 spiro atoms. The van der Waals surface area contributed by atoms with Crippen molar-refractivity contribution >= 4 is 17.6 Å². The number of carbonyl (C=O) groups is 2. The van der Waals surface area contributed by atoms with Crippen molar-refractivity contribution in [1.29, 1.82) is 0 Å². The van der Waals surface area contributed by atoms with Crippen molar-refractivity contribution < 1.29 is 19.4 Å². The molecule has 0 radical (unpaired) electrons. The number of carbonyl (C=O) groups excluding carboxylic acids is 1. The van der Waals surface area contributed by atoms with Gasteiger partial charge >= 0.3 is 5.97 Å². The van der Waals surface area contributed by atoms with Crippen molar-refractivity contribution in [2.24, 2.45) is 5.41 Å². The van der Waals surface area contributed by atoms with Gasteiger partial charge in [0.2, 0.25) is 0 Å². The zero-order chi connectivity index (χ0) is 16.9. The molecule has 0 atom stereocenters. The molecule has 6 heteroatoms. The fraction of sp³-hybridized carbons (Fsp3) is 0.529. The Labute approximate surface area is 136 Å². The fourth-order valence-corrected chi connectivity index (χ4v) is 2.34. The number of anilines is 1. The van der Waals surface area contributed by atoms with Crippen LogP contribution in [0.3, 0.4) is 0 Å². The van der Waals surface area contributed by atoms with Gasteiger partial charge in [-0.15, -0.1) is 0 Å². The molecule has 1 aliphatic heterocycles. The van der Waals surface area contributed by atoms with Gasteiger partial charge in [-0.05, 0) is 44.5 Å². The molecule has 23 heavy (non-hydrogen) atoms. The van der Waals surface area contributed by atoms with E-state index in [1.165, 1.54) is 0 Å². The normalized spacial score (nSPS) is 15.3. The number of hydrogen-bond acceptors (Lipinski definition) is 4. The maximum absolute atomic E-state index is 12.1. The van der Waals surface area contributed by atoms with Gasteiger partial charge in [0.05, 0.1) is 18.6 Å². The highest BCUT2D eigenvalue weighted by Gasteiger charge is 2.26. The third-order valence-electron chi connectivity index (χ3n) is 4.12. The smallest absolute Gasteiger partial charge is 0.309 e. The second-order valence-corrected chi connectivity index (χ2v) is 6.34. The molecular formula is C17H24N2O4. The lowest BCUT2D eigenvalue weighted by Gasteiger charge is -2.28. The molecule has 1 aromatic carbocycles. The second kappa shape index (κ2) is 7.46. The van der Waals surface area contributed by atoms with E-state index in [-0.39, 0.29) is 5.91 Å². The maximum Gasteiger partial charge on any atom is 0.309 e. The van der Waals surface area contributed by atoms with Crippen LogP contribution < -0.4 is 10.2 Å². The van der Waals surface area contributed by atoms with Crippen LogP contribution in [0.4, 0.5) is 5.69 Å². The predicted molar refractivity (Wildman–Crippen MR) is 87.8 cm³/mol. The average Bonchev–Trinajstić information content (AvgIpc) is 2.55. The van der Waals surface area contributed by atoms with Crippen molar-refractivity contribution in [2.45, 2.75) is 20.3 Å². The number of carboxylic acid groups (broad SMARTS) is 1. The summed E-state index contributed by atoms with van der Waals surface area (Å²) < 4.78 is 5.32. The van der Waals surface area contributed by atoms with E-state index in [0.29, 0.717) is 18.5 Å². The summed E-state index contributed by atoms with van der Waals surface area (Å²) in [5.74, 6) is -1.04. The molecule has 0 aromatic heterocycles. The minimum Gasteiger partial charge on any atom is -0.481 e. The lowest BCUT2D eigenvalue weighted by Crippen LogP contribution is -2.36. The first-order valence-electron chi connectivity index (χ1n) is 7.84. The summed E-state index contributed by atoms with van der Waals surface area (Å²) in [6.45, 7) is 6.80. The molecule has 0 aliphatic carbocycles. The minimum absolute atomic E-state index is 0.181. The lowest BCUT2D eigenvalue weighted by molar-refractivity contribution is -0.147. The van der Waals surface area contributed by atoms with Crippen LogP contribution in [0, 0.1) is 5.41 Å². The Morgan fingerprint density at radius 3 is 2.39 bits per heavy atom. The van der Waals surface area contributed by atoms with E-state index in [2.05, 4.69) is 10.2 Å². The summed E-state index contributed by atoms with van der Waals surface area (Å²) in [5.41, 5.74) is 0.819. The van der Waals surface area contributed by atoms with Gasteiger partial charge in [0.25, 0.3) is 5.91 Å². The van der Waals surface area contributed by atoms with E-state index < -0.39 is 11.4 Å². The van der Waals surface area contributed by atoms with Crippen LogP contribution in [0.2, 0.25) is 0 Å². The highest BCUT2D eigenvalue weighted by molar-refractivity contribution is 5.94. The number of rotatable bonds is 6. The largest absolute Gasteiger partial charge is 0.481 e.